The van der Waals surface area contributed by atoms with Gasteiger partial charge in [0, 0.05) is 18.4 Å². The number of carbonyl (C=O) groups is 2. The van der Waals surface area contributed by atoms with Crippen LogP contribution in [-0.2, 0) is 16.0 Å². The van der Waals surface area contributed by atoms with Gasteiger partial charge in [-0.05, 0) is 49.4 Å². The van der Waals surface area contributed by atoms with Crippen LogP contribution in [0, 0.1) is 0 Å². The minimum Gasteiger partial charge on any atom is -0.481 e. The Hall–Kier alpha value is -2.36. The zero-order valence-electron chi connectivity index (χ0n) is 14.3. The first-order valence-corrected chi connectivity index (χ1v) is 8.36. The number of hydrogen-bond acceptors (Lipinski definition) is 2. The van der Waals surface area contributed by atoms with Gasteiger partial charge in [-0.25, -0.2) is 0 Å². The molecule has 0 aliphatic heterocycles. The third-order valence-corrected chi connectivity index (χ3v) is 4.12. The van der Waals surface area contributed by atoms with Crippen molar-refractivity contribution >= 4 is 22.6 Å². The first-order valence-electron chi connectivity index (χ1n) is 8.36. The van der Waals surface area contributed by atoms with Gasteiger partial charge in [0.2, 0.25) is 5.91 Å². The van der Waals surface area contributed by atoms with Gasteiger partial charge in [-0.3, -0.25) is 9.59 Å². The molecule has 0 bridgehead atoms. The highest BCUT2D eigenvalue weighted by molar-refractivity contribution is 5.83. The van der Waals surface area contributed by atoms with Crippen LogP contribution in [0.1, 0.15) is 45.1 Å². The number of hydrogen-bond donors (Lipinski definition) is 2. The van der Waals surface area contributed by atoms with Crippen molar-refractivity contribution < 1.29 is 14.7 Å². The van der Waals surface area contributed by atoms with Crippen molar-refractivity contribution in [1.29, 1.82) is 0 Å². The second kappa shape index (κ2) is 7.95. The van der Waals surface area contributed by atoms with Crippen LogP contribution in [0.25, 0.3) is 10.8 Å². The van der Waals surface area contributed by atoms with E-state index in [9.17, 15) is 9.59 Å². The van der Waals surface area contributed by atoms with Crippen molar-refractivity contribution in [2.75, 3.05) is 0 Å². The SMILES string of the molecule is CC(C)(CCC(=O)O)NC(=O)CCCc1ccc2ccccc2c1. The van der Waals surface area contributed by atoms with Crippen LogP contribution in [0.4, 0.5) is 0 Å². The predicted molar refractivity (Wildman–Crippen MR) is 96.0 cm³/mol. The Morgan fingerprint density at radius 3 is 2.46 bits per heavy atom. The van der Waals surface area contributed by atoms with Gasteiger partial charge in [0.15, 0.2) is 0 Å². The molecule has 0 unspecified atom stereocenters. The summed E-state index contributed by atoms with van der Waals surface area (Å²) in [6.45, 7) is 3.72. The topological polar surface area (TPSA) is 66.4 Å². The van der Waals surface area contributed by atoms with Crippen LogP contribution >= 0.6 is 0 Å². The van der Waals surface area contributed by atoms with Gasteiger partial charge < -0.3 is 10.4 Å². The first-order chi connectivity index (χ1) is 11.4. The summed E-state index contributed by atoms with van der Waals surface area (Å²) >= 11 is 0. The van der Waals surface area contributed by atoms with Gasteiger partial charge >= 0.3 is 5.97 Å². The summed E-state index contributed by atoms with van der Waals surface area (Å²) in [6, 6.07) is 14.6. The Bertz CT molecular complexity index is 722. The highest BCUT2D eigenvalue weighted by Gasteiger charge is 2.21. The summed E-state index contributed by atoms with van der Waals surface area (Å²) in [5.74, 6) is -0.861. The summed E-state index contributed by atoms with van der Waals surface area (Å²) in [5, 5.41) is 14.1. The molecule has 0 aliphatic carbocycles. The van der Waals surface area contributed by atoms with Crippen molar-refractivity contribution in [3.05, 3.63) is 48.0 Å². The van der Waals surface area contributed by atoms with E-state index in [0.29, 0.717) is 12.8 Å². The van der Waals surface area contributed by atoms with E-state index in [1.807, 2.05) is 26.0 Å². The molecule has 0 saturated heterocycles. The fourth-order valence-corrected chi connectivity index (χ4v) is 2.77. The van der Waals surface area contributed by atoms with Crippen LogP contribution in [0.3, 0.4) is 0 Å². The number of aryl methyl sites for hydroxylation is 1. The molecule has 0 radical (unpaired) electrons. The maximum Gasteiger partial charge on any atom is 0.303 e. The van der Waals surface area contributed by atoms with E-state index < -0.39 is 11.5 Å². The molecule has 0 spiro atoms. The average molecular weight is 327 g/mol. The average Bonchev–Trinajstić information content (AvgIpc) is 2.52. The zero-order valence-corrected chi connectivity index (χ0v) is 14.3. The number of fused-ring (bicyclic) bond motifs is 1. The standard InChI is InChI=1S/C20H25NO3/c1-20(2,13-12-19(23)24)21-18(22)9-5-6-15-10-11-16-7-3-4-8-17(16)14-15/h3-4,7-8,10-11,14H,5-6,9,12-13H2,1-2H3,(H,21,22)(H,23,24). The lowest BCUT2D eigenvalue weighted by atomic mass is 9.97. The number of benzene rings is 2. The van der Waals surface area contributed by atoms with E-state index in [4.69, 9.17) is 5.11 Å². The maximum atomic E-state index is 12.0. The van der Waals surface area contributed by atoms with E-state index in [2.05, 4.69) is 35.6 Å². The summed E-state index contributed by atoms with van der Waals surface area (Å²) in [4.78, 5) is 22.7. The fraction of sp³-hybridized carbons (Fsp3) is 0.400. The van der Waals surface area contributed by atoms with Gasteiger partial charge in [0.25, 0.3) is 0 Å². The number of amides is 1. The summed E-state index contributed by atoms with van der Waals surface area (Å²) in [7, 11) is 0. The molecule has 2 aromatic carbocycles. The highest BCUT2D eigenvalue weighted by atomic mass is 16.4. The van der Waals surface area contributed by atoms with E-state index >= 15 is 0 Å². The Labute approximate surface area is 142 Å². The molecular formula is C20H25NO3. The largest absolute Gasteiger partial charge is 0.481 e. The first kappa shape index (κ1) is 18.0. The lowest BCUT2D eigenvalue weighted by Gasteiger charge is -2.25. The second-order valence-electron chi connectivity index (χ2n) is 6.86. The lowest BCUT2D eigenvalue weighted by Crippen LogP contribution is -2.43. The molecule has 0 saturated carbocycles. The van der Waals surface area contributed by atoms with E-state index in [1.165, 1.54) is 16.3 Å². The molecule has 4 nitrogen and oxygen atoms in total. The third kappa shape index (κ3) is 5.69. The molecule has 0 atom stereocenters. The molecule has 1 amide bonds. The van der Waals surface area contributed by atoms with Gasteiger partial charge in [-0.15, -0.1) is 0 Å². The van der Waals surface area contributed by atoms with E-state index in [1.54, 1.807) is 0 Å². The molecule has 0 aromatic heterocycles. The van der Waals surface area contributed by atoms with Crippen LogP contribution in [0.15, 0.2) is 42.5 Å². The second-order valence-corrected chi connectivity index (χ2v) is 6.86. The molecule has 2 rings (SSSR count). The summed E-state index contributed by atoms with van der Waals surface area (Å²) in [6.07, 6.45) is 2.57. The van der Waals surface area contributed by atoms with Gasteiger partial charge in [-0.2, -0.15) is 0 Å². The molecule has 0 aliphatic rings. The highest BCUT2D eigenvalue weighted by Crippen LogP contribution is 2.17. The van der Waals surface area contributed by atoms with Crippen molar-refractivity contribution in [1.82, 2.24) is 5.32 Å². The molecule has 2 aromatic rings. The number of rotatable bonds is 8. The van der Waals surface area contributed by atoms with Gasteiger partial charge in [-0.1, -0.05) is 42.5 Å². The fourth-order valence-electron chi connectivity index (χ4n) is 2.77. The Balaban J connectivity index is 1.80. The van der Waals surface area contributed by atoms with Crippen LogP contribution in [-0.4, -0.2) is 22.5 Å². The molecule has 2 N–H and O–H groups in total. The van der Waals surface area contributed by atoms with Crippen molar-refractivity contribution in [3.63, 3.8) is 0 Å². The molecule has 4 heteroatoms. The molecular weight excluding hydrogens is 302 g/mol. The molecule has 0 fully saturated rings. The normalized spacial score (nSPS) is 11.4. The predicted octanol–water partition coefficient (Wildman–Crippen LogP) is 3.92. The van der Waals surface area contributed by atoms with Gasteiger partial charge in [0.05, 0.1) is 0 Å². The number of carbonyl (C=O) groups excluding carboxylic acids is 1. The van der Waals surface area contributed by atoms with E-state index in [-0.39, 0.29) is 12.3 Å². The minimum absolute atomic E-state index is 0.0221. The zero-order chi connectivity index (χ0) is 17.6. The summed E-state index contributed by atoms with van der Waals surface area (Å²) in [5.41, 5.74) is 0.741. The monoisotopic (exact) mass is 327 g/mol. The van der Waals surface area contributed by atoms with Crippen LogP contribution in [0.2, 0.25) is 0 Å². The number of aliphatic carboxylic acids is 1. The minimum atomic E-state index is -0.839. The Morgan fingerprint density at radius 2 is 1.75 bits per heavy atom. The number of carboxylic acid groups (broad SMARTS) is 1. The molecule has 0 heterocycles. The van der Waals surface area contributed by atoms with Crippen molar-refractivity contribution in [2.45, 2.75) is 51.5 Å². The quantitative estimate of drug-likeness (QED) is 0.772. The number of carboxylic acids is 1. The molecule has 128 valence electrons. The smallest absolute Gasteiger partial charge is 0.303 e. The van der Waals surface area contributed by atoms with Crippen LogP contribution in [0.5, 0.6) is 0 Å². The van der Waals surface area contributed by atoms with Crippen molar-refractivity contribution in [2.24, 2.45) is 0 Å². The van der Waals surface area contributed by atoms with Crippen LogP contribution < -0.4 is 5.32 Å². The third-order valence-electron chi connectivity index (χ3n) is 4.12. The Kier molecular flexibility index (Phi) is 5.96. The van der Waals surface area contributed by atoms with E-state index in [0.717, 1.165) is 12.8 Å². The number of nitrogens with one attached hydrogen (secondary N) is 1. The lowest BCUT2D eigenvalue weighted by molar-refractivity contribution is -0.137. The van der Waals surface area contributed by atoms with Gasteiger partial charge in [0.1, 0.15) is 0 Å². The molecule has 24 heavy (non-hydrogen) atoms. The van der Waals surface area contributed by atoms with Crippen molar-refractivity contribution in [3.8, 4) is 0 Å². The Morgan fingerprint density at radius 1 is 1.04 bits per heavy atom. The summed E-state index contributed by atoms with van der Waals surface area (Å²) < 4.78 is 0. The maximum absolute atomic E-state index is 12.0.